The summed E-state index contributed by atoms with van der Waals surface area (Å²) in [4.78, 5) is 0. The number of hydrogen-bond acceptors (Lipinski definition) is 0. The van der Waals surface area contributed by atoms with Gasteiger partial charge in [0.2, 0.25) is 0 Å². The molecule has 0 N–H and O–H groups in total. The van der Waals surface area contributed by atoms with Crippen molar-refractivity contribution in [2.24, 2.45) is 0 Å². The lowest BCUT2D eigenvalue weighted by molar-refractivity contribution is 0.915. The SMILES string of the molecule is C#Cc1c(CCC)cccc1[C](C)C. The van der Waals surface area contributed by atoms with Crippen LogP contribution < -0.4 is 0 Å². The molecule has 0 aliphatic rings. The largest absolute Gasteiger partial charge is 0.115 e. The summed E-state index contributed by atoms with van der Waals surface area (Å²) < 4.78 is 0. The lowest BCUT2D eigenvalue weighted by Gasteiger charge is -2.11. The van der Waals surface area contributed by atoms with Crippen molar-refractivity contribution in [1.29, 1.82) is 0 Å². The summed E-state index contributed by atoms with van der Waals surface area (Å²) in [6.45, 7) is 6.38. The Morgan fingerprint density at radius 1 is 1.36 bits per heavy atom. The highest BCUT2D eigenvalue weighted by Gasteiger charge is 2.08. The average molecular weight is 185 g/mol. The minimum absolute atomic E-state index is 1.07. The second-order valence-electron chi connectivity index (χ2n) is 3.73. The lowest BCUT2D eigenvalue weighted by Crippen LogP contribution is -1.98. The van der Waals surface area contributed by atoms with E-state index in [0.717, 1.165) is 18.4 Å². The Balaban J connectivity index is 3.20. The Labute approximate surface area is 87.4 Å². The van der Waals surface area contributed by atoms with Crippen LogP contribution in [0.5, 0.6) is 0 Å². The molecule has 0 saturated heterocycles. The molecule has 0 aromatic heterocycles. The van der Waals surface area contributed by atoms with Crippen LogP contribution in [0.3, 0.4) is 0 Å². The topological polar surface area (TPSA) is 0 Å². The van der Waals surface area contributed by atoms with E-state index in [-0.39, 0.29) is 0 Å². The van der Waals surface area contributed by atoms with Gasteiger partial charge in [-0.3, -0.25) is 0 Å². The molecule has 0 nitrogen and oxygen atoms in total. The third-order valence-electron chi connectivity index (χ3n) is 2.35. The molecule has 1 rings (SSSR count). The molecule has 0 aliphatic carbocycles. The zero-order valence-corrected chi connectivity index (χ0v) is 9.22. The molecular formula is C14H17. The fourth-order valence-corrected chi connectivity index (χ4v) is 1.66. The maximum absolute atomic E-state index is 5.56. The fourth-order valence-electron chi connectivity index (χ4n) is 1.66. The van der Waals surface area contributed by atoms with Crippen molar-refractivity contribution in [3.8, 4) is 12.3 Å². The molecule has 0 spiro atoms. The molecule has 0 atom stereocenters. The van der Waals surface area contributed by atoms with Crippen molar-refractivity contribution < 1.29 is 0 Å². The van der Waals surface area contributed by atoms with Gasteiger partial charge in [-0.2, -0.15) is 0 Å². The Morgan fingerprint density at radius 3 is 2.57 bits per heavy atom. The van der Waals surface area contributed by atoms with Gasteiger partial charge in [-0.05, 0) is 17.5 Å². The zero-order chi connectivity index (χ0) is 10.6. The van der Waals surface area contributed by atoms with Crippen molar-refractivity contribution in [1.82, 2.24) is 0 Å². The quantitative estimate of drug-likeness (QED) is 0.631. The summed E-state index contributed by atoms with van der Waals surface area (Å²) in [5.74, 6) is 4.10. The predicted octanol–water partition coefficient (Wildman–Crippen LogP) is 3.58. The summed E-state index contributed by atoms with van der Waals surface area (Å²) in [7, 11) is 0. The normalized spacial score (nSPS) is 10.2. The van der Waals surface area contributed by atoms with Crippen LogP contribution in [0.25, 0.3) is 0 Å². The van der Waals surface area contributed by atoms with Gasteiger partial charge in [-0.15, -0.1) is 6.42 Å². The molecule has 1 aromatic rings. The smallest absolute Gasteiger partial charge is 0.0312 e. The van der Waals surface area contributed by atoms with E-state index in [1.165, 1.54) is 17.0 Å². The molecule has 0 heteroatoms. The summed E-state index contributed by atoms with van der Waals surface area (Å²) in [5.41, 5.74) is 3.60. The van der Waals surface area contributed by atoms with Crippen molar-refractivity contribution >= 4 is 0 Å². The lowest BCUT2D eigenvalue weighted by atomic mass is 9.92. The molecule has 14 heavy (non-hydrogen) atoms. The van der Waals surface area contributed by atoms with Crippen LogP contribution in [0.2, 0.25) is 0 Å². The minimum atomic E-state index is 1.07. The Kier molecular flexibility index (Phi) is 3.77. The molecule has 0 aliphatic heterocycles. The summed E-state index contributed by atoms with van der Waals surface area (Å²) in [6.07, 6.45) is 7.77. The van der Waals surface area contributed by atoms with Gasteiger partial charge in [0, 0.05) is 11.5 Å². The van der Waals surface area contributed by atoms with Crippen LogP contribution >= 0.6 is 0 Å². The van der Waals surface area contributed by atoms with E-state index in [0.29, 0.717) is 0 Å². The Bertz CT molecular complexity index is 340. The molecule has 0 unspecified atom stereocenters. The molecule has 0 bridgehead atoms. The van der Waals surface area contributed by atoms with E-state index in [9.17, 15) is 0 Å². The van der Waals surface area contributed by atoms with E-state index >= 15 is 0 Å². The summed E-state index contributed by atoms with van der Waals surface area (Å²) in [6, 6.07) is 6.32. The molecule has 0 heterocycles. The first kappa shape index (κ1) is 10.9. The molecule has 73 valence electrons. The average Bonchev–Trinajstić information content (AvgIpc) is 2.18. The van der Waals surface area contributed by atoms with Gasteiger partial charge >= 0.3 is 0 Å². The first-order chi connectivity index (χ1) is 6.70. The van der Waals surface area contributed by atoms with Gasteiger partial charge in [-0.1, -0.05) is 51.3 Å². The fraction of sp³-hybridized carbons (Fsp3) is 0.357. The molecule has 0 saturated carbocycles. The number of rotatable bonds is 3. The summed E-state index contributed by atoms with van der Waals surface area (Å²) >= 11 is 0. The van der Waals surface area contributed by atoms with Gasteiger partial charge in [0.15, 0.2) is 0 Å². The number of hydrogen-bond donors (Lipinski definition) is 0. The molecule has 0 fully saturated rings. The van der Waals surface area contributed by atoms with Gasteiger partial charge in [0.1, 0.15) is 0 Å². The number of terminal acetylenes is 1. The molecular weight excluding hydrogens is 168 g/mol. The standard InChI is InChI=1S/C14H17/c1-5-8-12-9-7-10-14(11(3)4)13(12)6-2/h2,7,9-10H,5,8H2,1,3-4H3. The molecule has 1 radical (unpaired) electrons. The third kappa shape index (κ3) is 2.17. The number of aryl methyl sites for hydroxylation is 1. The van der Waals surface area contributed by atoms with Crippen molar-refractivity contribution in [3.63, 3.8) is 0 Å². The van der Waals surface area contributed by atoms with Crippen LogP contribution in [-0.2, 0) is 6.42 Å². The predicted molar refractivity (Wildman–Crippen MR) is 62.1 cm³/mol. The van der Waals surface area contributed by atoms with E-state index in [1.807, 2.05) is 0 Å². The minimum Gasteiger partial charge on any atom is -0.115 e. The second kappa shape index (κ2) is 4.86. The maximum atomic E-state index is 5.56. The van der Waals surface area contributed by atoms with Crippen LogP contribution in [-0.4, -0.2) is 0 Å². The van der Waals surface area contributed by atoms with Crippen LogP contribution in [0, 0.1) is 18.3 Å². The van der Waals surface area contributed by atoms with E-state index in [4.69, 9.17) is 6.42 Å². The highest BCUT2D eigenvalue weighted by Crippen LogP contribution is 2.22. The third-order valence-corrected chi connectivity index (χ3v) is 2.35. The molecule has 0 amide bonds. The second-order valence-corrected chi connectivity index (χ2v) is 3.73. The highest BCUT2D eigenvalue weighted by molar-refractivity contribution is 5.51. The summed E-state index contributed by atoms with van der Waals surface area (Å²) in [5, 5.41) is 0. The monoisotopic (exact) mass is 185 g/mol. The van der Waals surface area contributed by atoms with Crippen LogP contribution in [0.1, 0.15) is 43.9 Å². The van der Waals surface area contributed by atoms with Crippen LogP contribution in [0.15, 0.2) is 18.2 Å². The van der Waals surface area contributed by atoms with Gasteiger partial charge < -0.3 is 0 Å². The maximum Gasteiger partial charge on any atom is 0.0312 e. The first-order valence-electron chi connectivity index (χ1n) is 5.09. The van der Waals surface area contributed by atoms with Gasteiger partial charge in [0.25, 0.3) is 0 Å². The van der Waals surface area contributed by atoms with E-state index in [1.54, 1.807) is 0 Å². The zero-order valence-electron chi connectivity index (χ0n) is 9.22. The van der Waals surface area contributed by atoms with Crippen molar-refractivity contribution in [2.75, 3.05) is 0 Å². The Morgan fingerprint density at radius 2 is 2.07 bits per heavy atom. The Hall–Kier alpha value is -1.22. The van der Waals surface area contributed by atoms with E-state index in [2.05, 4.69) is 44.9 Å². The van der Waals surface area contributed by atoms with E-state index < -0.39 is 0 Å². The van der Waals surface area contributed by atoms with Gasteiger partial charge in [0.05, 0.1) is 0 Å². The highest BCUT2D eigenvalue weighted by atomic mass is 14.1. The van der Waals surface area contributed by atoms with Crippen LogP contribution in [0.4, 0.5) is 0 Å². The van der Waals surface area contributed by atoms with Crippen molar-refractivity contribution in [2.45, 2.75) is 33.6 Å². The molecule has 1 aromatic carbocycles. The van der Waals surface area contributed by atoms with Crippen molar-refractivity contribution in [3.05, 3.63) is 40.8 Å². The number of benzene rings is 1. The van der Waals surface area contributed by atoms with Gasteiger partial charge in [-0.25, -0.2) is 0 Å². The first-order valence-corrected chi connectivity index (χ1v) is 5.09.